The zero-order valence-electron chi connectivity index (χ0n) is 15.3. The van der Waals surface area contributed by atoms with Crippen LogP contribution in [-0.4, -0.2) is 58.0 Å². The highest BCUT2D eigenvalue weighted by molar-refractivity contribution is 8.00. The first-order valence-electron chi connectivity index (χ1n) is 9.54. The van der Waals surface area contributed by atoms with Gasteiger partial charge >= 0.3 is 0 Å². The smallest absolute Gasteiger partial charge is 0.232 e. The van der Waals surface area contributed by atoms with Gasteiger partial charge < -0.3 is 9.80 Å². The SMILES string of the molecule is Cc1ncnc(N2CC3CN(C(=O)CSC4CCCC4)CC3C2)c1C. The van der Waals surface area contributed by atoms with E-state index in [-0.39, 0.29) is 0 Å². The largest absolute Gasteiger partial charge is 0.356 e. The van der Waals surface area contributed by atoms with Gasteiger partial charge in [0, 0.05) is 54.5 Å². The lowest BCUT2D eigenvalue weighted by atomic mass is 10.0. The molecule has 25 heavy (non-hydrogen) atoms. The molecule has 6 heteroatoms. The number of amides is 1. The molecule has 4 rings (SSSR count). The van der Waals surface area contributed by atoms with Gasteiger partial charge in [-0.1, -0.05) is 12.8 Å². The zero-order chi connectivity index (χ0) is 17.4. The minimum atomic E-state index is 0.354. The molecule has 1 aromatic heterocycles. The van der Waals surface area contributed by atoms with Crippen LogP contribution in [0.15, 0.2) is 6.33 Å². The lowest BCUT2D eigenvalue weighted by Crippen LogP contribution is -2.35. The Kier molecular flexibility index (Phi) is 4.89. The Morgan fingerprint density at radius 3 is 2.48 bits per heavy atom. The number of hydrogen-bond donors (Lipinski definition) is 0. The second-order valence-corrected chi connectivity index (χ2v) is 9.14. The highest BCUT2D eigenvalue weighted by Crippen LogP contribution is 2.35. The number of aromatic nitrogens is 2. The van der Waals surface area contributed by atoms with E-state index in [2.05, 4.69) is 26.7 Å². The molecule has 2 unspecified atom stereocenters. The number of aryl methyl sites for hydroxylation is 1. The first-order chi connectivity index (χ1) is 12.1. The number of rotatable bonds is 4. The molecule has 2 atom stereocenters. The summed E-state index contributed by atoms with van der Waals surface area (Å²) in [5.41, 5.74) is 2.24. The maximum absolute atomic E-state index is 12.6. The number of fused-ring (bicyclic) bond motifs is 1. The fourth-order valence-electron chi connectivity index (χ4n) is 4.55. The molecule has 1 saturated carbocycles. The zero-order valence-corrected chi connectivity index (χ0v) is 16.1. The molecular formula is C19H28N4OS. The summed E-state index contributed by atoms with van der Waals surface area (Å²) in [6.45, 7) is 8.03. The van der Waals surface area contributed by atoms with E-state index in [1.165, 1.54) is 31.2 Å². The van der Waals surface area contributed by atoms with Crippen LogP contribution in [0.1, 0.15) is 36.9 Å². The van der Waals surface area contributed by atoms with E-state index >= 15 is 0 Å². The quantitative estimate of drug-likeness (QED) is 0.826. The molecule has 0 bridgehead atoms. The van der Waals surface area contributed by atoms with E-state index in [9.17, 15) is 4.79 Å². The average Bonchev–Trinajstić information content (AvgIpc) is 3.30. The molecule has 0 spiro atoms. The molecule has 1 aromatic rings. The van der Waals surface area contributed by atoms with Gasteiger partial charge in [-0.3, -0.25) is 4.79 Å². The number of hydrogen-bond acceptors (Lipinski definition) is 5. The third-order valence-corrected chi connectivity index (χ3v) is 7.55. The van der Waals surface area contributed by atoms with Gasteiger partial charge in [0.05, 0.1) is 5.75 Å². The Hall–Kier alpha value is -1.30. The van der Waals surface area contributed by atoms with Gasteiger partial charge in [-0.2, -0.15) is 0 Å². The average molecular weight is 361 g/mol. The third-order valence-electron chi connectivity index (χ3n) is 6.19. The Morgan fingerprint density at radius 2 is 1.80 bits per heavy atom. The van der Waals surface area contributed by atoms with Crippen LogP contribution < -0.4 is 4.90 Å². The van der Waals surface area contributed by atoms with Gasteiger partial charge in [-0.05, 0) is 26.7 Å². The maximum Gasteiger partial charge on any atom is 0.232 e. The first-order valence-corrected chi connectivity index (χ1v) is 10.6. The van der Waals surface area contributed by atoms with Gasteiger partial charge in [0.15, 0.2) is 0 Å². The van der Waals surface area contributed by atoms with Crippen molar-refractivity contribution in [2.45, 2.75) is 44.8 Å². The molecule has 2 aliphatic heterocycles. The summed E-state index contributed by atoms with van der Waals surface area (Å²) in [7, 11) is 0. The summed E-state index contributed by atoms with van der Waals surface area (Å²) in [6.07, 6.45) is 6.96. The summed E-state index contributed by atoms with van der Waals surface area (Å²) < 4.78 is 0. The molecule has 3 aliphatic rings. The molecule has 0 radical (unpaired) electrons. The van der Waals surface area contributed by atoms with Gasteiger partial charge in [0.2, 0.25) is 5.91 Å². The molecule has 1 aliphatic carbocycles. The van der Waals surface area contributed by atoms with Crippen LogP contribution in [0.5, 0.6) is 0 Å². The van der Waals surface area contributed by atoms with Gasteiger partial charge in [-0.15, -0.1) is 11.8 Å². The van der Waals surface area contributed by atoms with Gasteiger partial charge in [0.1, 0.15) is 12.1 Å². The van der Waals surface area contributed by atoms with Crippen LogP contribution >= 0.6 is 11.8 Å². The van der Waals surface area contributed by atoms with Crippen LogP contribution in [0.3, 0.4) is 0 Å². The van der Waals surface area contributed by atoms with Crippen LogP contribution in [0.2, 0.25) is 0 Å². The minimum absolute atomic E-state index is 0.354. The third kappa shape index (κ3) is 3.50. The summed E-state index contributed by atoms with van der Waals surface area (Å²) in [5, 5.41) is 0.727. The Bertz CT molecular complexity index is 632. The van der Waals surface area contributed by atoms with Gasteiger partial charge in [-0.25, -0.2) is 9.97 Å². The Balaban J connectivity index is 1.31. The van der Waals surface area contributed by atoms with Crippen LogP contribution in [0, 0.1) is 25.7 Å². The second-order valence-electron chi connectivity index (χ2n) is 7.85. The molecular weight excluding hydrogens is 332 g/mol. The van der Waals surface area contributed by atoms with E-state index in [0.717, 1.165) is 42.9 Å². The number of carbonyl (C=O) groups excluding carboxylic acids is 1. The normalized spacial score (nSPS) is 26.5. The van der Waals surface area contributed by atoms with Crippen molar-refractivity contribution < 1.29 is 4.79 Å². The molecule has 1 amide bonds. The maximum atomic E-state index is 12.6. The molecule has 5 nitrogen and oxygen atoms in total. The molecule has 3 heterocycles. The number of carbonyl (C=O) groups is 1. The summed E-state index contributed by atoms with van der Waals surface area (Å²) in [6, 6.07) is 0. The second kappa shape index (κ2) is 7.14. The predicted molar refractivity (Wildman–Crippen MR) is 102 cm³/mol. The van der Waals surface area contributed by atoms with Crippen molar-refractivity contribution in [2.75, 3.05) is 36.8 Å². The van der Waals surface area contributed by atoms with E-state index in [1.54, 1.807) is 6.33 Å². The minimum Gasteiger partial charge on any atom is -0.356 e. The van der Waals surface area contributed by atoms with E-state index < -0.39 is 0 Å². The van der Waals surface area contributed by atoms with Crippen molar-refractivity contribution in [3.63, 3.8) is 0 Å². The standard InChI is InChI=1S/C19H28N4OS/c1-13-14(2)20-12-21-19(13)23-9-15-7-22(8-16(15)10-23)18(24)11-25-17-5-3-4-6-17/h12,15-17H,3-11H2,1-2H3. The Labute approximate surface area is 154 Å². The first kappa shape index (κ1) is 17.1. The summed E-state index contributed by atoms with van der Waals surface area (Å²) in [4.78, 5) is 25.9. The van der Waals surface area contributed by atoms with Crippen molar-refractivity contribution in [3.05, 3.63) is 17.6 Å². The number of likely N-dealkylation sites (tertiary alicyclic amines) is 1. The summed E-state index contributed by atoms with van der Waals surface area (Å²) >= 11 is 1.89. The van der Waals surface area contributed by atoms with Crippen molar-refractivity contribution in [3.8, 4) is 0 Å². The lowest BCUT2D eigenvalue weighted by Gasteiger charge is -2.24. The topological polar surface area (TPSA) is 49.3 Å². The number of anilines is 1. The predicted octanol–water partition coefficient (Wildman–Crippen LogP) is 2.66. The van der Waals surface area contributed by atoms with E-state index in [1.807, 2.05) is 18.7 Å². The lowest BCUT2D eigenvalue weighted by molar-refractivity contribution is -0.127. The fourth-order valence-corrected chi connectivity index (χ4v) is 5.78. The van der Waals surface area contributed by atoms with Crippen molar-refractivity contribution >= 4 is 23.5 Å². The highest BCUT2D eigenvalue weighted by atomic mass is 32.2. The number of nitrogens with zero attached hydrogens (tertiary/aromatic N) is 4. The van der Waals surface area contributed by atoms with Crippen LogP contribution in [0.25, 0.3) is 0 Å². The van der Waals surface area contributed by atoms with Crippen LogP contribution in [0.4, 0.5) is 5.82 Å². The van der Waals surface area contributed by atoms with Crippen molar-refractivity contribution in [2.24, 2.45) is 11.8 Å². The molecule has 3 fully saturated rings. The summed E-state index contributed by atoms with van der Waals surface area (Å²) in [5.74, 6) is 3.30. The highest BCUT2D eigenvalue weighted by Gasteiger charge is 2.42. The van der Waals surface area contributed by atoms with Crippen LogP contribution in [-0.2, 0) is 4.79 Å². The molecule has 0 aromatic carbocycles. The monoisotopic (exact) mass is 360 g/mol. The van der Waals surface area contributed by atoms with Crippen molar-refractivity contribution in [1.29, 1.82) is 0 Å². The fraction of sp³-hybridized carbons (Fsp3) is 0.737. The number of thioether (sulfide) groups is 1. The molecule has 0 N–H and O–H groups in total. The van der Waals surface area contributed by atoms with E-state index in [4.69, 9.17) is 0 Å². The van der Waals surface area contributed by atoms with Crippen molar-refractivity contribution in [1.82, 2.24) is 14.9 Å². The molecule has 136 valence electrons. The molecule has 2 saturated heterocycles. The van der Waals surface area contributed by atoms with Gasteiger partial charge in [0.25, 0.3) is 0 Å². The Morgan fingerprint density at radius 1 is 1.12 bits per heavy atom. The van der Waals surface area contributed by atoms with E-state index in [0.29, 0.717) is 23.5 Å².